The van der Waals surface area contributed by atoms with Gasteiger partial charge in [0.25, 0.3) is 0 Å². The molecule has 0 unspecified atom stereocenters. The first-order valence-corrected chi connectivity index (χ1v) is 4.13. The van der Waals surface area contributed by atoms with Gasteiger partial charge in [-0.2, -0.15) is 5.10 Å². The molecule has 0 aliphatic heterocycles. The summed E-state index contributed by atoms with van der Waals surface area (Å²) >= 11 is 0. The highest BCUT2D eigenvalue weighted by atomic mass is 15.3. The van der Waals surface area contributed by atoms with Gasteiger partial charge in [0.1, 0.15) is 0 Å². The smallest absolute Gasteiger partial charge is 0.0535 e. The van der Waals surface area contributed by atoms with Crippen LogP contribution in [-0.4, -0.2) is 16.3 Å². The zero-order valence-corrected chi connectivity index (χ0v) is 6.53. The highest BCUT2D eigenvalue weighted by Crippen LogP contribution is 2.39. The van der Waals surface area contributed by atoms with Gasteiger partial charge in [0, 0.05) is 24.4 Å². The van der Waals surface area contributed by atoms with Gasteiger partial charge < -0.3 is 5.73 Å². The minimum atomic E-state index is 0.682. The Morgan fingerprint density at radius 1 is 1.64 bits per heavy atom. The Balaban J connectivity index is 2.16. The summed E-state index contributed by atoms with van der Waals surface area (Å²) in [5.41, 5.74) is 6.82. The van der Waals surface area contributed by atoms with Crippen molar-refractivity contribution in [2.45, 2.75) is 25.3 Å². The highest BCUT2D eigenvalue weighted by molar-refractivity contribution is 5.13. The van der Waals surface area contributed by atoms with Crippen molar-refractivity contribution in [3.8, 4) is 0 Å². The molecule has 1 aliphatic carbocycles. The first-order valence-electron chi connectivity index (χ1n) is 4.13. The van der Waals surface area contributed by atoms with Crippen LogP contribution in [0.25, 0.3) is 0 Å². The average molecular weight is 151 g/mol. The molecule has 1 heterocycles. The minimum Gasteiger partial charge on any atom is -0.329 e. The van der Waals surface area contributed by atoms with E-state index in [-0.39, 0.29) is 0 Å². The average Bonchev–Trinajstić information content (AvgIpc) is 2.75. The Kier molecular flexibility index (Phi) is 1.66. The molecule has 0 radical (unpaired) electrons. The molecule has 1 aromatic heterocycles. The second kappa shape index (κ2) is 2.66. The van der Waals surface area contributed by atoms with Gasteiger partial charge >= 0.3 is 0 Å². The Hall–Kier alpha value is -0.830. The topological polar surface area (TPSA) is 43.8 Å². The first kappa shape index (κ1) is 6.85. The van der Waals surface area contributed by atoms with Crippen molar-refractivity contribution in [1.29, 1.82) is 0 Å². The highest BCUT2D eigenvalue weighted by Gasteiger charge is 2.26. The molecule has 2 rings (SSSR count). The molecule has 0 spiro atoms. The summed E-state index contributed by atoms with van der Waals surface area (Å²) < 4.78 is 2.03. The molecular formula is C8H13N3. The van der Waals surface area contributed by atoms with Crippen LogP contribution >= 0.6 is 0 Å². The molecule has 3 nitrogen and oxygen atoms in total. The molecule has 1 aliphatic rings. The third-order valence-corrected chi connectivity index (χ3v) is 2.09. The maximum absolute atomic E-state index is 5.45. The lowest BCUT2D eigenvalue weighted by atomic mass is 10.3. The first-order chi connectivity index (χ1) is 5.42. The summed E-state index contributed by atoms with van der Waals surface area (Å²) in [5.74, 6) is 0.782. The van der Waals surface area contributed by atoms with Crippen LogP contribution < -0.4 is 5.73 Å². The molecule has 0 bridgehead atoms. The van der Waals surface area contributed by atoms with Gasteiger partial charge in [0.15, 0.2) is 0 Å². The van der Waals surface area contributed by atoms with Crippen molar-refractivity contribution in [3.63, 3.8) is 0 Å². The Morgan fingerprint density at radius 2 is 2.45 bits per heavy atom. The van der Waals surface area contributed by atoms with E-state index in [1.165, 1.54) is 18.5 Å². The molecule has 60 valence electrons. The standard InChI is InChI=1S/C8H13N3/c9-4-6-11-8(3-5-10-11)7-1-2-7/h3,5,7H,1-2,4,6,9H2. The summed E-state index contributed by atoms with van der Waals surface area (Å²) in [7, 11) is 0. The summed E-state index contributed by atoms with van der Waals surface area (Å²) in [6.07, 6.45) is 4.52. The lowest BCUT2D eigenvalue weighted by Gasteiger charge is -2.02. The van der Waals surface area contributed by atoms with Crippen LogP contribution in [0.5, 0.6) is 0 Å². The van der Waals surface area contributed by atoms with Gasteiger partial charge in [-0.1, -0.05) is 0 Å². The molecule has 0 atom stereocenters. The van der Waals surface area contributed by atoms with Crippen molar-refractivity contribution in [1.82, 2.24) is 9.78 Å². The summed E-state index contributed by atoms with van der Waals surface area (Å²) in [6, 6.07) is 2.10. The van der Waals surface area contributed by atoms with Crippen LogP contribution in [0.1, 0.15) is 24.5 Å². The SMILES string of the molecule is NCCn1nccc1C1CC1. The van der Waals surface area contributed by atoms with Gasteiger partial charge in [-0.25, -0.2) is 0 Å². The fourth-order valence-electron chi connectivity index (χ4n) is 1.38. The monoisotopic (exact) mass is 151 g/mol. The largest absolute Gasteiger partial charge is 0.329 e. The van der Waals surface area contributed by atoms with Crippen LogP contribution in [0.2, 0.25) is 0 Å². The van der Waals surface area contributed by atoms with Crippen LogP contribution in [0, 0.1) is 0 Å². The molecule has 11 heavy (non-hydrogen) atoms. The van der Waals surface area contributed by atoms with E-state index in [0.29, 0.717) is 6.54 Å². The number of aromatic nitrogens is 2. The van der Waals surface area contributed by atoms with E-state index in [1.807, 2.05) is 10.9 Å². The van der Waals surface area contributed by atoms with Crippen LogP contribution in [0.15, 0.2) is 12.3 Å². The predicted molar refractivity (Wildman–Crippen MR) is 43.3 cm³/mol. The van der Waals surface area contributed by atoms with Gasteiger partial charge in [-0.15, -0.1) is 0 Å². The van der Waals surface area contributed by atoms with E-state index < -0.39 is 0 Å². The number of hydrogen-bond acceptors (Lipinski definition) is 2. The normalized spacial score (nSPS) is 17.2. The van der Waals surface area contributed by atoms with E-state index in [1.54, 1.807) is 0 Å². The van der Waals surface area contributed by atoms with Gasteiger partial charge in [-0.05, 0) is 18.9 Å². The number of rotatable bonds is 3. The van der Waals surface area contributed by atoms with Crippen LogP contribution in [0.3, 0.4) is 0 Å². The molecule has 1 aromatic rings. The van der Waals surface area contributed by atoms with Crippen molar-refractivity contribution >= 4 is 0 Å². The minimum absolute atomic E-state index is 0.682. The van der Waals surface area contributed by atoms with Crippen molar-refractivity contribution in [3.05, 3.63) is 18.0 Å². The Bertz CT molecular complexity index is 237. The second-order valence-corrected chi connectivity index (χ2v) is 3.04. The van der Waals surface area contributed by atoms with E-state index >= 15 is 0 Å². The summed E-state index contributed by atoms with van der Waals surface area (Å²) in [5, 5.41) is 4.20. The molecular weight excluding hydrogens is 138 g/mol. The molecule has 0 aromatic carbocycles. The third kappa shape index (κ3) is 1.28. The predicted octanol–water partition coefficient (Wildman–Crippen LogP) is 0.719. The molecule has 0 amide bonds. The number of nitrogens with two attached hydrogens (primary N) is 1. The molecule has 3 heteroatoms. The lowest BCUT2D eigenvalue weighted by Crippen LogP contribution is -2.12. The van der Waals surface area contributed by atoms with Crippen molar-refractivity contribution < 1.29 is 0 Å². The second-order valence-electron chi connectivity index (χ2n) is 3.04. The van der Waals surface area contributed by atoms with Crippen molar-refractivity contribution in [2.24, 2.45) is 5.73 Å². The van der Waals surface area contributed by atoms with E-state index in [2.05, 4.69) is 11.2 Å². The molecule has 2 N–H and O–H groups in total. The van der Waals surface area contributed by atoms with Gasteiger partial charge in [0.2, 0.25) is 0 Å². The molecule has 1 fully saturated rings. The maximum atomic E-state index is 5.45. The third-order valence-electron chi connectivity index (χ3n) is 2.09. The van der Waals surface area contributed by atoms with E-state index in [4.69, 9.17) is 5.73 Å². The lowest BCUT2D eigenvalue weighted by molar-refractivity contribution is 0.594. The summed E-state index contributed by atoms with van der Waals surface area (Å²) in [6.45, 7) is 1.54. The van der Waals surface area contributed by atoms with Crippen LogP contribution in [-0.2, 0) is 6.54 Å². The van der Waals surface area contributed by atoms with Gasteiger partial charge in [0.05, 0.1) is 6.54 Å². The van der Waals surface area contributed by atoms with Crippen LogP contribution in [0.4, 0.5) is 0 Å². The molecule has 1 saturated carbocycles. The molecule has 0 saturated heterocycles. The number of hydrogen-bond donors (Lipinski definition) is 1. The number of nitrogens with zero attached hydrogens (tertiary/aromatic N) is 2. The fraction of sp³-hybridized carbons (Fsp3) is 0.625. The van der Waals surface area contributed by atoms with E-state index in [0.717, 1.165) is 12.5 Å². The zero-order chi connectivity index (χ0) is 7.68. The fourth-order valence-corrected chi connectivity index (χ4v) is 1.38. The zero-order valence-electron chi connectivity index (χ0n) is 6.53. The Morgan fingerprint density at radius 3 is 3.09 bits per heavy atom. The Labute approximate surface area is 66.2 Å². The quantitative estimate of drug-likeness (QED) is 0.691. The van der Waals surface area contributed by atoms with Crippen molar-refractivity contribution in [2.75, 3.05) is 6.54 Å². The maximum Gasteiger partial charge on any atom is 0.0535 e. The summed E-state index contributed by atoms with van der Waals surface area (Å²) in [4.78, 5) is 0. The van der Waals surface area contributed by atoms with Gasteiger partial charge in [-0.3, -0.25) is 4.68 Å². The van der Waals surface area contributed by atoms with E-state index in [9.17, 15) is 0 Å².